The van der Waals surface area contributed by atoms with Crippen LogP contribution in [0.4, 0.5) is 0 Å². The standard InChI is InChI=1S/C11H11Br2N2/c1-14-5-6-15(8-14)7-9-10(12)3-2-4-11(9)13/h2-6,8H,7H2,1H3/q+1. The minimum absolute atomic E-state index is 0.864. The van der Waals surface area contributed by atoms with Crippen molar-refractivity contribution in [3.8, 4) is 0 Å². The normalized spacial score (nSPS) is 10.6. The quantitative estimate of drug-likeness (QED) is 0.749. The Morgan fingerprint density at radius 3 is 2.47 bits per heavy atom. The fourth-order valence-corrected chi connectivity index (χ4v) is 2.71. The second kappa shape index (κ2) is 4.49. The van der Waals surface area contributed by atoms with Crippen LogP contribution in [0.5, 0.6) is 0 Å². The third kappa shape index (κ3) is 2.49. The molecule has 0 saturated carbocycles. The molecule has 0 atom stereocenters. The number of aromatic nitrogens is 2. The smallest absolute Gasteiger partial charge is 0.240 e. The van der Waals surface area contributed by atoms with Crippen LogP contribution in [0.1, 0.15) is 5.56 Å². The summed E-state index contributed by atoms with van der Waals surface area (Å²) < 4.78 is 6.44. The van der Waals surface area contributed by atoms with Crippen molar-refractivity contribution >= 4 is 31.9 Å². The lowest BCUT2D eigenvalue weighted by molar-refractivity contribution is -0.688. The number of rotatable bonds is 2. The summed E-state index contributed by atoms with van der Waals surface area (Å²) >= 11 is 7.12. The van der Waals surface area contributed by atoms with Gasteiger partial charge < -0.3 is 0 Å². The van der Waals surface area contributed by atoms with Crippen molar-refractivity contribution < 1.29 is 4.57 Å². The molecule has 1 aromatic heterocycles. The summed E-state index contributed by atoms with van der Waals surface area (Å²) in [4.78, 5) is 0. The second-order valence-corrected chi connectivity index (χ2v) is 5.16. The van der Waals surface area contributed by atoms with Gasteiger partial charge in [-0.1, -0.05) is 37.9 Å². The Hall–Kier alpha value is -0.610. The molecule has 4 heteroatoms. The van der Waals surface area contributed by atoms with Crippen LogP contribution in [0.15, 0.2) is 45.9 Å². The minimum Gasteiger partial charge on any atom is -0.240 e. The molecule has 78 valence electrons. The van der Waals surface area contributed by atoms with Crippen molar-refractivity contribution in [2.45, 2.75) is 6.54 Å². The van der Waals surface area contributed by atoms with Gasteiger partial charge in [0, 0.05) is 14.5 Å². The van der Waals surface area contributed by atoms with Crippen LogP contribution in [0, 0.1) is 0 Å². The van der Waals surface area contributed by atoms with Gasteiger partial charge >= 0.3 is 0 Å². The van der Waals surface area contributed by atoms with Crippen LogP contribution in [-0.4, -0.2) is 4.57 Å². The molecule has 2 nitrogen and oxygen atoms in total. The Morgan fingerprint density at radius 2 is 1.93 bits per heavy atom. The van der Waals surface area contributed by atoms with E-state index in [0.717, 1.165) is 15.5 Å². The molecule has 15 heavy (non-hydrogen) atoms. The number of nitrogens with zero attached hydrogens (tertiary/aromatic N) is 2. The van der Waals surface area contributed by atoms with Gasteiger partial charge in [-0.05, 0) is 12.1 Å². The van der Waals surface area contributed by atoms with Crippen molar-refractivity contribution in [3.05, 3.63) is 51.4 Å². The molecule has 1 heterocycles. The van der Waals surface area contributed by atoms with Gasteiger partial charge in [-0.3, -0.25) is 0 Å². The van der Waals surface area contributed by atoms with Crippen LogP contribution < -0.4 is 4.57 Å². The maximum atomic E-state index is 3.56. The Kier molecular flexibility index (Phi) is 3.26. The molecule has 1 aromatic carbocycles. The van der Waals surface area contributed by atoms with E-state index in [2.05, 4.69) is 61.1 Å². The van der Waals surface area contributed by atoms with Crippen LogP contribution >= 0.6 is 31.9 Å². The van der Waals surface area contributed by atoms with Crippen LogP contribution in [0.3, 0.4) is 0 Å². The first-order valence-corrected chi connectivity index (χ1v) is 6.19. The molecular weight excluding hydrogens is 320 g/mol. The van der Waals surface area contributed by atoms with Gasteiger partial charge in [-0.2, -0.15) is 0 Å². The van der Waals surface area contributed by atoms with Crippen molar-refractivity contribution in [1.82, 2.24) is 4.57 Å². The number of aryl methyl sites for hydroxylation is 1. The monoisotopic (exact) mass is 329 g/mol. The average molecular weight is 331 g/mol. The van der Waals surface area contributed by atoms with E-state index in [1.54, 1.807) is 0 Å². The Bertz CT molecular complexity index is 457. The van der Waals surface area contributed by atoms with E-state index in [0.29, 0.717) is 0 Å². The molecule has 0 spiro atoms. The number of hydrogen-bond acceptors (Lipinski definition) is 0. The van der Waals surface area contributed by atoms with E-state index in [1.807, 2.05) is 23.9 Å². The maximum absolute atomic E-state index is 3.56. The van der Waals surface area contributed by atoms with E-state index in [4.69, 9.17) is 0 Å². The molecule has 2 aromatic rings. The van der Waals surface area contributed by atoms with Gasteiger partial charge in [0.15, 0.2) is 0 Å². The van der Waals surface area contributed by atoms with Gasteiger partial charge in [-0.25, -0.2) is 9.13 Å². The van der Waals surface area contributed by atoms with E-state index in [1.165, 1.54) is 5.56 Å². The van der Waals surface area contributed by atoms with Crippen molar-refractivity contribution in [2.75, 3.05) is 0 Å². The van der Waals surface area contributed by atoms with Gasteiger partial charge in [0.1, 0.15) is 18.9 Å². The summed E-state index contributed by atoms with van der Waals surface area (Å²) in [6.45, 7) is 0.864. The molecule has 0 saturated heterocycles. The van der Waals surface area contributed by atoms with Crippen LogP contribution in [0.25, 0.3) is 0 Å². The summed E-state index contributed by atoms with van der Waals surface area (Å²) in [6.07, 6.45) is 6.16. The second-order valence-electron chi connectivity index (χ2n) is 3.45. The fourth-order valence-electron chi connectivity index (χ4n) is 1.46. The molecule has 0 aliphatic heterocycles. The Balaban J connectivity index is 2.31. The number of benzene rings is 1. The highest BCUT2D eigenvalue weighted by Crippen LogP contribution is 2.24. The maximum Gasteiger partial charge on any atom is 0.243 e. The summed E-state index contributed by atoms with van der Waals surface area (Å²) in [6, 6.07) is 6.14. The first-order valence-electron chi connectivity index (χ1n) is 4.61. The molecule has 0 aliphatic rings. The van der Waals surface area contributed by atoms with Crippen molar-refractivity contribution in [3.63, 3.8) is 0 Å². The molecule has 0 fully saturated rings. The van der Waals surface area contributed by atoms with Gasteiger partial charge in [-0.15, -0.1) is 0 Å². The SMILES string of the molecule is Cn1cc[n+](Cc2c(Br)cccc2Br)c1. The first kappa shape index (κ1) is 10.9. The minimum atomic E-state index is 0.864. The summed E-state index contributed by atoms with van der Waals surface area (Å²) in [5.74, 6) is 0. The van der Waals surface area contributed by atoms with Crippen LogP contribution in [-0.2, 0) is 13.6 Å². The summed E-state index contributed by atoms with van der Waals surface area (Å²) in [5, 5.41) is 0. The zero-order chi connectivity index (χ0) is 10.8. The average Bonchev–Trinajstić information content (AvgIpc) is 2.58. The topological polar surface area (TPSA) is 8.81 Å². The van der Waals surface area contributed by atoms with Gasteiger partial charge in [0.25, 0.3) is 0 Å². The predicted molar refractivity (Wildman–Crippen MR) is 66.6 cm³/mol. The molecule has 0 aliphatic carbocycles. The zero-order valence-corrected chi connectivity index (χ0v) is 11.5. The lowest BCUT2D eigenvalue weighted by Gasteiger charge is -2.04. The third-order valence-corrected chi connectivity index (χ3v) is 3.71. The largest absolute Gasteiger partial charge is 0.243 e. The van der Waals surface area contributed by atoms with E-state index < -0.39 is 0 Å². The first-order chi connectivity index (χ1) is 7.16. The lowest BCUT2D eigenvalue weighted by atomic mass is 10.2. The Labute approximate surface area is 106 Å². The number of halogens is 2. The fraction of sp³-hybridized carbons (Fsp3) is 0.182. The van der Waals surface area contributed by atoms with Gasteiger partial charge in [0.05, 0.1) is 7.05 Å². The van der Waals surface area contributed by atoms with Gasteiger partial charge in [0.2, 0.25) is 6.33 Å². The summed E-state index contributed by atoms with van der Waals surface area (Å²) in [7, 11) is 2.02. The third-order valence-electron chi connectivity index (χ3n) is 2.23. The van der Waals surface area contributed by atoms with Crippen molar-refractivity contribution in [1.29, 1.82) is 0 Å². The van der Waals surface area contributed by atoms with E-state index in [-0.39, 0.29) is 0 Å². The summed E-state index contributed by atoms with van der Waals surface area (Å²) in [5.41, 5.74) is 1.26. The highest BCUT2D eigenvalue weighted by atomic mass is 79.9. The number of imidazole rings is 1. The van der Waals surface area contributed by atoms with Crippen LogP contribution in [0.2, 0.25) is 0 Å². The van der Waals surface area contributed by atoms with E-state index >= 15 is 0 Å². The number of hydrogen-bond donors (Lipinski definition) is 0. The Morgan fingerprint density at radius 1 is 1.27 bits per heavy atom. The molecule has 2 rings (SSSR count). The molecule has 0 radical (unpaired) electrons. The van der Waals surface area contributed by atoms with Crippen molar-refractivity contribution in [2.24, 2.45) is 7.05 Å². The molecule has 0 amide bonds. The highest BCUT2D eigenvalue weighted by molar-refractivity contribution is 9.11. The molecular formula is C11H11Br2N2+. The van der Waals surface area contributed by atoms with E-state index in [9.17, 15) is 0 Å². The zero-order valence-electron chi connectivity index (χ0n) is 8.32. The lowest BCUT2D eigenvalue weighted by Crippen LogP contribution is -2.31. The molecule has 0 unspecified atom stereocenters. The highest BCUT2D eigenvalue weighted by Gasteiger charge is 2.08. The predicted octanol–water partition coefficient (Wildman–Crippen LogP) is 2.89. The molecule has 0 bridgehead atoms. The molecule has 0 N–H and O–H groups in total.